The quantitative estimate of drug-likeness (QED) is 0.164. The molecule has 2 aliphatic heterocycles. The largest absolute Gasteiger partial charge is 0.458 e. The number of benzene rings is 8. The van der Waals surface area contributed by atoms with Crippen LogP contribution in [0, 0.1) is 0 Å². The van der Waals surface area contributed by atoms with Crippen molar-refractivity contribution in [2.75, 3.05) is 0 Å². The first-order chi connectivity index (χ1) is 25.8. The van der Waals surface area contributed by atoms with E-state index in [0.717, 1.165) is 56.1 Å². The van der Waals surface area contributed by atoms with Crippen LogP contribution >= 0.6 is 0 Å². The van der Waals surface area contributed by atoms with Crippen LogP contribution in [0.15, 0.2) is 170 Å². The zero-order chi connectivity index (χ0) is 33.9. The predicted molar refractivity (Wildman–Crippen MR) is 214 cm³/mol. The Kier molecular flexibility index (Phi) is 5.58. The zero-order valence-corrected chi connectivity index (χ0v) is 28.0. The molecule has 8 aromatic carbocycles. The van der Waals surface area contributed by atoms with Crippen LogP contribution in [-0.4, -0.2) is 11.3 Å². The molecule has 3 aliphatic rings. The van der Waals surface area contributed by atoms with Gasteiger partial charge < -0.3 is 14.0 Å². The molecule has 4 heteroatoms. The minimum Gasteiger partial charge on any atom is -0.458 e. The molecule has 0 spiro atoms. The lowest BCUT2D eigenvalue weighted by Gasteiger charge is -2.33. The summed E-state index contributed by atoms with van der Waals surface area (Å²) in [6, 6.07) is 61.3. The van der Waals surface area contributed by atoms with Crippen molar-refractivity contribution in [1.29, 1.82) is 0 Å². The average Bonchev–Trinajstić information content (AvgIpc) is 3.53. The van der Waals surface area contributed by atoms with E-state index in [9.17, 15) is 0 Å². The van der Waals surface area contributed by atoms with Crippen LogP contribution in [0.5, 0.6) is 23.0 Å². The molecule has 0 N–H and O–H groups in total. The maximum absolute atomic E-state index is 6.75. The molecule has 12 rings (SSSR count). The Labute approximate surface area is 301 Å². The first-order valence-corrected chi connectivity index (χ1v) is 17.9. The number of hydrogen-bond acceptors (Lipinski definition) is 2. The second-order valence-electron chi connectivity index (χ2n) is 14.0. The molecule has 0 bridgehead atoms. The van der Waals surface area contributed by atoms with Gasteiger partial charge in [0.2, 0.25) is 0 Å². The van der Waals surface area contributed by atoms with Crippen LogP contribution in [0.25, 0.3) is 72.0 Å². The highest BCUT2D eigenvalue weighted by atomic mass is 16.5. The molecule has 0 atom stereocenters. The maximum Gasteiger partial charge on any atom is 0.260 e. The molecule has 3 nitrogen and oxygen atoms in total. The van der Waals surface area contributed by atoms with E-state index in [1.54, 1.807) is 0 Å². The highest BCUT2D eigenvalue weighted by molar-refractivity contribution is 6.98. The number of rotatable bonds is 1. The van der Waals surface area contributed by atoms with Crippen LogP contribution in [0.2, 0.25) is 0 Å². The average molecular weight is 662 g/mol. The van der Waals surface area contributed by atoms with Crippen molar-refractivity contribution < 1.29 is 9.47 Å². The van der Waals surface area contributed by atoms with Gasteiger partial charge >= 0.3 is 0 Å². The van der Waals surface area contributed by atoms with Crippen LogP contribution in [0.3, 0.4) is 0 Å². The van der Waals surface area contributed by atoms with E-state index in [1.165, 1.54) is 55.3 Å². The van der Waals surface area contributed by atoms with E-state index in [2.05, 4.69) is 174 Å². The molecule has 0 amide bonds. The van der Waals surface area contributed by atoms with Gasteiger partial charge in [0, 0.05) is 28.4 Å². The Morgan fingerprint density at radius 2 is 0.788 bits per heavy atom. The lowest BCUT2D eigenvalue weighted by Crippen LogP contribution is -2.57. The summed E-state index contributed by atoms with van der Waals surface area (Å²) in [6.07, 6.45) is 0. The van der Waals surface area contributed by atoms with Gasteiger partial charge in [-0.3, -0.25) is 0 Å². The Morgan fingerprint density at radius 1 is 0.346 bits per heavy atom. The highest BCUT2D eigenvalue weighted by Crippen LogP contribution is 2.50. The van der Waals surface area contributed by atoms with E-state index in [1.807, 2.05) is 0 Å². The molecule has 240 valence electrons. The normalized spacial score (nSPS) is 12.9. The number of para-hydroxylation sites is 3. The zero-order valence-electron chi connectivity index (χ0n) is 28.0. The van der Waals surface area contributed by atoms with Gasteiger partial charge in [0.1, 0.15) is 23.0 Å². The van der Waals surface area contributed by atoms with Gasteiger partial charge in [-0.05, 0) is 85.8 Å². The molecular weight excluding hydrogens is 633 g/mol. The van der Waals surface area contributed by atoms with Crippen LogP contribution < -0.4 is 25.9 Å². The summed E-state index contributed by atoms with van der Waals surface area (Å²) in [7, 11) is 0. The molecule has 1 aromatic heterocycles. The molecule has 52 heavy (non-hydrogen) atoms. The Balaban J connectivity index is 1.17. The van der Waals surface area contributed by atoms with Gasteiger partial charge in [-0.2, -0.15) is 0 Å². The second-order valence-corrected chi connectivity index (χ2v) is 14.0. The molecule has 0 saturated carbocycles. The fourth-order valence-corrected chi connectivity index (χ4v) is 9.11. The first-order valence-electron chi connectivity index (χ1n) is 17.9. The summed E-state index contributed by atoms with van der Waals surface area (Å²) in [6.45, 7) is 0.0336. The summed E-state index contributed by atoms with van der Waals surface area (Å²) < 4.78 is 15.9. The molecule has 0 radical (unpaired) electrons. The van der Waals surface area contributed by atoms with Crippen molar-refractivity contribution in [3.63, 3.8) is 0 Å². The molecular formula is C48H28BNO2. The van der Waals surface area contributed by atoms with Gasteiger partial charge in [-0.25, -0.2) is 0 Å². The van der Waals surface area contributed by atoms with Crippen molar-refractivity contribution >= 4 is 44.9 Å². The summed E-state index contributed by atoms with van der Waals surface area (Å²) >= 11 is 0. The number of nitrogens with zero attached hydrogens (tertiary/aromatic N) is 1. The Bertz CT molecular complexity index is 2920. The topological polar surface area (TPSA) is 23.4 Å². The minimum absolute atomic E-state index is 0.0336. The molecule has 9 aromatic rings. The van der Waals surface area contributed by atoms with Crippen molar-refractivity contribution in [2.45, 2.75) is 0 Å². The second kappa shape index (κ2) is 10.4. The molecule has 0 fully saturated rings. The third-order valence-corrected chi connectivity index (χ3v) is 11.3. The van der Waals surface area contributed by atoms with Crippen molar-refractivity contribution in [2.24, 2.45) is 0 Å². The van der Waals surface area contributed by atoms with Crippen molar-refractivity contribution in [1.82, 2.24) is 4.57 Å². The van der Waals surface area contributed by atoms with E-state index in [0.29, 0.717) is 0 Å². The first kappa shape index (κ1) is 28.0. The molecule has 3 heterocycles. The molecule has 0 unspecified atom stereocenters. The lowest BCUT2D eigenvalue weighted by molar-refractivity contribution is 0.464. The fraction of sp³-hybridized carbons (Fsp3) is 0. The summed E-state index contributed by atoms with van der Waals surface area (Å²) in [5, 5.41) is 2.41. The Morgan fingerprint density at radius 3 is 1.35 bits per heavy atom. The number of aromatic nitrogens is 1. The van der Waals surface area contributed by atoms with Gasteiger partial charge in [-0.15, -0.1) is 0 Å². The van der Waals surface area contributed by atoms with Crippen LogP contribution in [-0.2, 0) is 0 Å². The van der Waals surface area contributed by atoms with E-state index < -0.39 is 0 Å². The minimum atomic E-state index is 0.0336. The van der Waals surface area contributed by atoms with Crippen LogP contribution in [0.1, 0.15) is 0 Å². The molecule has 0 saturated heterocycles. The third kappa shape index (κ3) is 3.76. The van der Waals surface area contributed by atoms with Gasteiger partial charge in [0.05, 0.1) is 16.7 Å². The van der Waals surface area contributed by atoms with Gasteiger partial charge in [-0.1, -0.05) is 127 Å². The maximum atomic E-state index is 6.75. The third-order valence-electron chi connectivity index (χ3n) is 11.3. The van der Waals surface area contributed by atoms with E-state index in [-0.39, 0.29) is 6.71 Å². The molecule has 1 aliphatic carbocycles. The summed E-state index contributed by atoms with van der Waals surface area (Å²) in [5.74, 6) is 3.44. The van der Waals surface area contributed by atoms with Gasteiger partial charge in [0.15, 0.2) is 0 Å². The van der Waals surface area contributed by atoms with Crippen LogP contribution in [0.4, 0.5) is 0 Å². The predicted octanol–water partition coefficient (Wildman–Crippen LogP) is 10.5. The van der Waals surface area contributed by atoms with Crippen molar-refractivity contribution in [3.05, 3.63) is 170 Å². The summed E-state index contributed by atoms with van der Waals surface area (Å²) in [4.78, 5) is 0. The van der Waals surface area contributed by atoms with Crippen molar-refractivity contribution in [3.8, 4) is 73.2 Å². The number of fused-ring (bicyclic) bond motifs is 15. The SMILES string of the molecule is c1ccc2c(c1)Oc1cc(-n3c4ccccc4c4cc5c(cc43)-c3ccccc3-c3ccccc3-c3ccccc3-5)cc3c1B2c1ccccc1O3. The van der Waals surface area contributed by atoms with E-state index in [4.69, 9.17) is 9.47 Å². The fourth-order valence-electron chi connectivity index (χ4n) is 9.11. The number of ether oxygens (including phenoxy) is 2. The lowest BCUT2D eigenvalue weighted by atomic mass is 9.35. The highest BCUT2D eigenvalue weighted by Gasteiger charge is 2.40. The smallest absolute Gasteiger partial charge is 0.260 e. The monoisotopic (exact) mass is 661 g/mol. The Hall–Kier alpha value is -6.78. The number of hydrogen-bond donors (Lipinski definition) is 0. The van der Waals surface area contributed by atoms with Gasteiger partial charge in [0.25, 0.3) is 6.71 Å². The van der Waals surface area contributed by atoms with E-state index >= 15 is 0 Å². The standard InChI is InChI=1S/C48H28BNO2/c1-2-14-31-30(13-1)32-15-3-5-17-34(32)37-27-39-36-19-7-10-22-42(36)50(43(39)28-38(37)35-18-6-4-16-33(31)35)29-25-46-48-47(26-29)52-45-24-12-9-21-41(45)49(48)40-20-8-11-23-44(40)51-46/h1-28H. The summed E-state index contributed by atoms with van der Waals surface area (Å²) in [5.41, 5.74) is 16.6.